The molecule has 1 aromatic heterocycles. The van der Waals surface area contributed by atoms with Gasteiger partial charge in [0.05, 0.1) is 12.8 Å². The van der Waals surface area contributed by atoms with Gasteiger partial charge >= 0.3 is 0 Å². The molecule has 1 saturated heterocycles. The summed E-state index contributed by atoms with van der Waals surface area (Å²) in [6.45, 7) is 1.90. The van der Waals surface area contributed by atoms with Crippen molar-refractivity contribution >= 4 is 22.7 Å². The van der Waals surface area contributed by atoms with Gasteiger partial charge in [-0.15, -0.1) is 0 Å². The molecule has 20 heavy (non-hydrogen) atoms. The summed E-state index contributed by atoms with van der Waals surface area (Å²) >= 11 is 2.08. The van der Waals surface area contributed by atoms with E-state index in [4.69, 9.17) is 9.72 Å². The van der Waals surface area contributed by atoms with Gasteiger partial charge in [0, 0.05) is 23.7 Å². The maximum absolute atomic E-state index is 5.38. The number of fused-ring (bicyclic) bond motifs is 1. The summed E-state index contributed by atoms with van der Waals surface area (Å²) in [5.41, 5.74) is 2.02. The van der Waals surface area contributed by atoms with Crippen LogP contribution < -0.4 is 10.1 Å². The zero-order valence-electron chi connectivity index (χ0n) is 11.8. The molecule has 2 aromatic rings. The summed E-state index contributed by atoms with van der Waals surface area (Å²) in [4.78, 5) is 4.72. The van der Waals surface area contributed by atoms with E-state index in [0.29, 0.717) is 0 Å². The highest BCUT2D eigenvalue weighted by atomic mass is 32.2. The monoisotopic (exact) mass is 288 g/mol. The number of para-hydroxylation sites is 1. The van der Waals surface area contributed by atoms with E-state index in [0.717, 1.165) is 40.7 Å². The number of methoxy groups -OCH3 is 1. The molecule has 4 heteroatoms. The van der Waals surface area contributed by atoms with Gasteiger partial charge in [0.25, 0.3) is 0 Å². The molecule has 0 aliphatic carbocycles. The molecule has 0 amide bonds. The fraction of sp³-hybridized carbons (Fsp3) is 0.438. The predicted octanol–water partition coefficient (Wildman–Crippen LogP) is 3.23. The van der Waals surface area contributed by atoms with Gasteiger partial charge in [-0.3, -0.25) is 0 Å². The van der Waals surface area contributed by atoms with Crippen LogP contribution in [-0.2, 0) is 6.54 Å². The van der Waals surface area contributed by atoms with Crippen LogP contribution in [-0.4, -0.2) is 29.6 Å². The third kappa shape index (κ3) is 3.07. The molecule has 3 nitrogen and oxygen atoms in total. The van der Waals surface area contributed by atoms with Gasteiger partial charge in [0.2, 0.25) is 0 Å². The molecule has 1 aliphatic heterocycles. The highest BCUT2D eigenvalue weighted by Crippen LogP contribution is 2.25. The van der Waals surface area contributed by atoms with Crippen molar-refractivity contribution in [2.24, 2.45) is 0 Å². The lowest BCUT2D eigenvalue weighted by atomic mass is 10.2. The van der Waals surface area contributed by atoms with Crippen molar-refractivity contribution in [3.05, 3.63) is 36.0 Å². The second-order valence-electron chi connectivity index (χ2n) is 5.10. The summed E-state index contributed by atoms with van der Waals surface area (Å²) in [7, 11) is 1.69. The molecule has 2 heterocycles. The standard InChI is InChI=1S/C16H20N2OS/c1-19-15-6-2-4-12-7-8-13(18-16(12)15)10-17-11-14-5-3-9-20-14/h2,4,6-8,14,17H,3,5,9-11H2,1H3. The molecule has 0 saturated carbocycles. The Labute approximate surface area is 124 Å². The number of nitrogens with zero attached hydrogens (tertiary/aromatic N) is 1. The molecule has 0 bridgehead atoms. The molecule has 106 valence electrons. The van der Waals surface area contributed by atoms with Crippen molar-refractivity contribution in [3.63, 3.8) is 0 Å². The normalized spacial score (nSPS) is 18.6. The van der Waals surface area contributed by atoms with Gasteiger partial charge in [-0.2, -0.15) is 11.8 Å². The first-order chi connectivity index (χ1) is 9.86. The van der Waals surface area contributed by atoms with Crippen molar-refractivity contribution in [3.8, 4) is 5.75 Å². The summed E-state index contributed by atoms with van der Waals surface area (Å²) in [6.07, 6.45) is 2.71. The molecule has 3 rings (SSSR count). The Morgan fingerprint density at radius 1 is 1.35 bits per heavy atom. The van der Waals surface area contributed by atoms with Gasteiger partial charge in [0.15, 0.2) is 0 Å². The zero-order chi connectivity index (χ0) is 13.8. The Kier molecular flexibility index (Phi) is 4.43. The minimum Gasteiger partial charge on any atom is -0.494 e. The second-order valence-corrected chi connectivity index (χ2v) is 6.51. The zero-order valence-corrected chi connectivity index (χ0v) is 12.6. The van der Waals surface area contributed by atoms with E-state index < -0.39 is 0 Å². The molecule has 0 radical (unpaired) electrons. The number of rotatable bonds is 5. The van der Waals surface area contributed by atoms with E-state index in [1.165, 1.54) is 18.6 Å². The number of aromatic nitrogens is 1. The summed E-state index contributed by atoms with van der Waals surface area (Å²) in [6, 6.07) is 10.2. The number of nitrogens with one attached hydrogen (secondary N) is 1. The predicted molar refractivity (Wildman–Crippen MR) is 85.5 cm³/mol. The lowest BCUT2D eigenvalue weighted by Gasteiger charge is -2.10. The van der Waals surface area contributed by atoms with Crippen LogP contribution in [0.15, 0.2) is 30.3 Å². The first kappa shape index (κ1) is 13.7. The minimum absolute atomic E-state index is 0.782. The summed E-state index contributed by atoms with van der Waals surface area (Å²) < 4.78 is 5.38. The smallest absolute Gasteiger partial charge is 0.145 e. The van der Waals surface area contributed by atoms with Crippen LogP contribution >= 0.6 is 11.8 Å². The number of thioether (sulfide) groups is 1. The van der Waals surface area contributed by atoms with Gasteiger partial charge in [0.1, 0.15) is 11.3 Å². The van der Waals surface area contributed by atoms with E-state index in [1.807, 2.05) is 12.1 Å². The van der Waals surface area contributed by atoms with Gasteiger partial charge in [-0.25, -0.2) is 4.98 Å². The number of benzene rings is 1. The fourth-order valence-electron chi connectivity index (χ4n) is 2.59. The van der Waals surface area contributed by atoms with Crippen molar-refractivity contribution in [1.82, 2.24) is 10.3 Å². The van der Waals surface area contributed by atoms with Crippen molar-refractivity contribution in [1.29, 1.82) is 0 Å². The first-order valence-corrected chi connectivity index (χ1v) is 8.16. The number of hydrogen-bond acceptors (Lipinski definition) is 4. The number of ether oxygens (including phenoxy) is 1. The Hall–Kier alpha value is -1.26. The average molecular weight is 288 g/mol. The van der Waals surface area contributed by atoms with E-state index in [-0.39, 0.29) is 0 Å². The van der Waals surface area contributed by atoms with Crippen LogP contribution in [0, 0.1) is 0 Å². The van der Waals surface area contributed by atoms with E-state index in [1.54, 1.807) is 7.11 Å². The molecule has 1 aromatic carbocycles. The van der Waals surface area contributed by atoms with Crippen LogP contribution in [0.2, 0.25) is 0 Å². The van der Waals surface area contributed by atoms with E-state index in [9.17, 15) is 0 Å². The van der Waals surface area contributed by atoms with Gasteiger partial charge in [-0.05, 0) is 30.7 Å². The SMILES string of the molecule is COc1cccc2ccc(CNCC3CCCS3)nc12. The summed E-state index contributed by atoms with van der Waals surface area (Å²) in [5, 5.41) is 5.43. The Morgan fingerprint density at radius 3 is 3.10 bits per heavy atom. The van der Waals surface area contributed by atoms with Crippen molar-refractivity contribution < 1.29 is 4.74 Å². The van der Waals surface area contributed by atoms with Crippen LogP contribution in [0.1, 0.15) is 18.5 Å². The lowest BCUT2D eigenvalue weighted by Crippen LogP contribution is -2.23. The van der Waals surface area contributed by atoms with Gasteiger partial charge < -0.3 is 10.1 Å². The van der Waals surface area contributed by atoms with Crippen LogP contribution in [0.4, 0.5) is 0 Å². The highest BCUT2D eigenvalue weighted by molar-refractivity contribution is 8.00. The second kappa shape index (κ2) is 6.46. The maximum atomic E-state index is 5.38. The number of hydrogen-bond donors (Lipinski definition) is 1. The molecule has 1 aliphatic rings. The molecule has 1 N–H and O–H groups in total. The largest absolute Gasteiger partial charge is 0.494 e. The third-order valence-corrected chi connectivity index (χ3v) is 5.06. The third-order valence-electron chi connectivity index (χ3n) is 3.66. The molecule has 0 spiro atoms. The maximum Gasteiger partial charge on any atom is 0.145 e. The first-order valence-electron chi connectivity index (χ1n) is 7.12. The lowest BCUT2D eigenvalue weighted by molar-refractivity contribution is 0.418. The van der Waals surface area contributed by atoms with E-state index >= 15 is 0 Å². The topological polar surface area (TPSA) is 34.1 Å². The summed E-state index contributed by atoms with van der Waals surface area (Å²) in [5.74, 6) is 2.16. The fourth-order valence-corrected chi connectivity index (χ4v) is 3.83. The molecule has 1 fully saturated rings. The Bertz CT molecular complexity index is 582. The van der Waals surface area contributed by atoms with Gasteiger partial charge in [-0.1, -0.05) is 18.2 Å². The van der Waals surface area contributed by atoms with Crippen LogP contribution in [0.5, 0.6) is 5.75 Å². The number of pyridine rings is 1. The van der Waals surface area contributed by atoms with E-state index in [2.05, 4.69) is 35.3 Å². The highest BCUT2D eigenvalue weighted by Gasteiger charge is 2.14. The molecular weight excluding hydrogens is 268 g/mol. The van der Waals surface area contributed by atoms with Crippen LogP contribution in [0.3, 0.4) is 0 Å². The average Bonchev–Trinajstić information content (AvgIpc) is 3.00. The molecule has 1 atom stereocenters. The van der Waals surface area contributed by atoms with Crippen molar-refractivity contribution in [2.75, 3.05) is 19.4 Å². The molecular formula is C16H20N2OS. The Balaban J connectivity index is 1.68. The quantitative estimate of drug-likeness (QED) is 0.916. The van der Waals surface area contributed by atoms with Crippen molar-refractivity contribution in [2.45, 2.75) is 24.6 Å². The minimum atomic E-state index is 0.782. The van der Waals surface area contributed by atoms with Crippen LogP contribution in [0.25, 0.3) is 10.9 Å². The molecule has 1 unspecified atom stereocenters. The Morgan fingerprint density at radius 2 is 2.30 bits per heavy atom.